The third-order valence-electron chi connectivity index (χ3n) is 3.73. The van der Waals surface area contributed by atoms with Crippen molar-refractivity contribution in [3.05, 3.63) is 71.1 Å². The molecule has 118 valence electrons. The smallest absolute Gasteiger partial charge is 0.271 e. The predicted octanol–water partition coefficient (Wildman–Crippen LogP) is 3.74. The number of carbonyl (C=O) groups excluding carboxylic acids is 1. The molecule has 0 fully saturated rings. The molecular formula is C18H18ClN3O. The van der Waals surface area contributed by atoms with E-state index in [9.17, 15) is 4.79 Å². The zero-order valence-electron chi connectivity index (χ0n) is 12.9. The Balaban J connectivity index is 1.61. The average molecular weight is 328 g/mol. The van der Waals surface area contributed by atoms with Gasteiger partial charge in [-0.3, -0.25) is 4.79 Å². The molecule has 1 amide bonds. The van der Waals surface area contributed by atoms with Gasteiger partial charge in [-0.15, -0.1) is 0 Å². The van der Waals surface area contributed by atoms with Gasteiger partial charge in [0.15, 0.2) is 0 Å². The number of benzene rings is 1. The Bertz CT molecular complexity index is 814. The van der Waals surface area contributed by atoms with Crippen LogP contribution in [0.25, 0.3) is 5.65 Å². The molecule has 1 aromatic carbocycles. The van der Waals surface area contributed by atoms with Crippen LogP contribution in [-0.2, 0) is 6.42 Å². The third kappa shape index (κ3) is 3.90. The molecule has 2 heterocycles. The van der Waals surface area contributed by atoms with E-state index in [4.69, 9.17) is 11.6 Å². The van der Waals surface area contributed by atoms with Crippen LogP contribution in [0.2, 0.25) is 5.02 Å². The molecule has 2 aromatic heterocycles. The van der Waals surface area contributed by atoms with Crippen molar-refractivity contribution in [3.8, 4) is 0 Å². The van der Waals surface area contributed by atoms with E-state index in [0.29, 0.717) is 16.4 Å². The molecule has 4 nitrogen and oxygen atoms in total. The van der Waals surface area contributed by atoms with Crippen molar-refractivity contribution in [2.24, 2.45) is 0 Å². The van der Waals surface area contributed by atoms with Gasteiger partial charge in [0.1, 0.15) is 11.3 Å². The van der Waals surface area contributed by atoms with Gasteiger partial charge >= 0.3 is 0 Å². The van der Waals surface area contributed by atoms with E-state index in [0.717, 1.165) is 12.8 Å². The number of hydrogen-bond acceptors (Lipinski definition) is 2. The standard InChI is InChI=1S/C18H18ClN3O/c1-13(7-8-14-5-3-2-4-6-14)20-18(23)16-12-22-11-15(19)9-10-17(22)21-16/h2-6,9-13H,7-8H2,1H3,(H,20,23)/t13-/m0/s1. The number of nitrogens with one attached hydrogen (secondary N) is 1. The monoisotopic (exact) mass is 327 g/mol. The van der Waals surface area contributed by atoms with Crippen LogP contribution in [0.3, 0.4) is 0 Å². The Morgan fingerprint density at radius 3 is 2.78 bits per heavy atom. The summed E-state index contributed by atoms with van der Waals surface area (Å²) in [6, 6.07) is 13.9. The van der Waals surface area contributed by atoms with Crippen LogP contribution in [0, 0.1) is 0 Å². The summed E-state index contributed by atoms with van der Waals surface area (Å²) in [6.07, 6.45) is 5.25. The quantitative estimate of drug-likeness (QED) is 0.776. The van der Waals surface area contributed by atoms with E-state index < -0.39 is 0 Å². The number of rotatable bonds is 5. The minimum Gasteiger partial charge on any atom is -0.348 e. The number of imidazole rings is 1. The maximum absolute atomic E-state index is 12.3. The fraction of sp³-hybridized carbons (Fsp3) is 0.222. The topological polar surface area (TPSA) is 46.4 Å². The zero-order chi connectivity index (χ0) is 16.2. The normalized spacial score (nSPS) is 12.3. The Morgan fingerprint density at radius 1 is 1.22 bits per heavy atom. The molecule has 0 saturated heterocycles. The van der Waals surface area contributed by atoms with Crippen molar-refractivity contribution in [1.82, 2.24) is 14.7 Å². The van der Waals surface area contributed by atoms with Gasteiger partial charge in [-0.05, 0) is 37.5 Å². The fourth-order valence-electron chi connectivity index (χ4n) is 2.47. The van der Waals surface area contributed by atoms with Crippen LogP contribution in [0.15, 0.2) is 54.9 Å². The lowest BCUT2D eigenvalue weighted by Gasteiger charge is -2.12. The third-order valence-corrected chi connectivity index (χ3v) is 3.96. The number of aromatic nitrogens is 2. The number of aryl methyl sites for hydroxylation is 1. The summed E-state index contributed by atoms with van der Waals surface area (Å²) < 4.78 is 1.76. The first-order valence-corrected chi connectivity index (χ1v) is 7.98. The summed E-state index contributed by atoms with van der Waals surface area (Å²) in [4.78, 5) is 16.6. The molecule has 0 aliphatic rings. The summed E-state index contributed by atoms with van der Waals surface area (Å²) in [6.45, 7) is 2.01. The first-order chi connectivity index (χ1) is 11.1. The Kier molecular flexibility index (Phi) is 4.63. The first-order valence-electron chi connectivity index (χ1n) is 7.61. The summed E-state index contributed by atoms with van der Waals surface area (Å²) in [5.41, 5.74) is 2.38. The molecule has 0 radical (unpaired) electrons. The van der Waals surface area contributed by atoms with Gasteiger partial charge < -0.3 is 9.72 Å². The molecule has 0 spiro atoms. The maximum Gasteiger partial charge on any atom is 0.271 e. The lowest BCUT2D eigenvalue weighted by molar-refractivity contribution is 0.0934. The van der Waals surface area contributed by atoms with Crippen molar-refractivity contribution < 1.29 is 4.79 Å². The number of hydrogen-bond donors (Lipinski definition) is 1. The number of amides is 1. The number of pyridine rings is 1. The highest BCUT2D eigenvalue weighted by Crippen LogP contribution is 2.12. The predicted molar refractivity (Wildman–Crippen MR) is 91.9 cm³/mol. The van der Waals surface area contributed by atoms with Gasteiger partial charge in [0.2, 0.25) is 0 Å². The second kappa shape index (κ2) is 6.84. The first kappa shape index (κ1) is 15.6. The van der Waals surface area contributed by atoms with Crippen LogP contribution in [0.1, 0.15) is 29.4 Å². The maximum atomic E-state index is 12.3. The van der Waals surface area contributed by atoms with Crippen LogP contribution < -0.4 is 5.32 Å². The van der Waals surface area contributed by atoms with E-state index >= 15 is 0 Å². The minimum absolute atomic E-state index is 0.0797. The summed E-state index contributed by atoms with van der Waals surface area (Å²) in [5.74, 6) is -0.162. The van der Waals surface area contributed by atoms with E-state index in [1.807, 2.05) is 25.1 Å². The van der Waals surface area contributed by atoms with Crippen molar-refractivity contribution >= 4 is 23.2 Å². The Morgan fingerprint density at radius 2 is 2.00 bits per heavy atom. The van der Waals surface area contributed by atoms with E-state index in [1.54, 1.807) is 28.9 Å². The molecule has 23 heavy (non-hydrogen) atoms. The van der Waals surface area contributed by atoms with Crippen LogP contribution >= 0.6 is 11.6 Å². The summed E-state index contributed by atoms with van der Waals surface area (Å²) >= 11 is 5.94. The molecule has 0 saturated carbocycles. The summed E-state index contributed by atoms with van der Waals surface area (Å²) in [7, 11) is 0. The zero-order valence-corrected chi connectivity index (χ0v) is 13.6. The van der Waals surface area contributed by atoms with Gasteiger partial charge in [0.25, 0.3) is 5.91 Å². The Hall–Kier alpha value is -2.33. The molecular weight excluding hydrogens is 310 g/mol. The van der Waals surface area contributed by atoms with Crippen molar-refractivity contribution in [2.75, 3.05) is 0 Å². The number of fused-ring (bicyclic) bond motifs is 1. The van der Waals surface area contributed by atoms with Crippen LogP contribution in [0.5, 0.6) is 0 Å². The SMILES string of the molecule is C[C@@H](CCc1ccccc1)NC(=O)c1cn2cc(Cl)ccc2n1. The Labute approximate surface area is 140 Å². The molecule has 0 unspecified atom stereocenters. The molecule has 0 aliphatic heterocycles. The number of carbonyl (C=O) groups is 1. The van der Waals surface area contributed by atoms with Crippen molar-refractivity contribution in [2.45, 2.75) is 25.8 Å². The van der Waals surface area contributed by atoms with E-state index in [2.05, 4.69) is 22.4 Å². The fourth-order valence-corrected chi connectivity index (χ4v) is 2.64. The molecule has 0 aliphatic carbocycles. The lowest BCUT2D eigenvalue weighted by atomic mass is 10.1. The highest BCUT2D eigenvalue weighted by molar-refractivity contribution is 6.30. The average Bonchev–Trinajstić information content (AvgIpc) is 2.97. The van der Waals surface area contributed by atoms with Crippen LogP contribution in [0.4, 0.5) is 0 Å². The molecule has 3 aromatic rings. The molecule has 5 heteroatoms. The second-order valence-corrected chi connectivity index (χ2v) is 6.07. The van der Waals surface area contributed by atoms with Gasteiger partial charge in [-0.25, -0.2) is 4.98 Å². The van der Waals surface area contributed by atoms with Gasteiger partial charge in [0, 0.05) is 18.4 Å². The minimum atomic E-state index is -0.162. The highest BCUT2D eigenvalue weighted by Gasteiger charge is 2.13. The van der Waals surface area contributed by atoms with Crippen LogP contribution in [-0.4, -0.2) is 21.3 Å². The number of nitrogens with zero attached hydrogens (tertiary/aromatic N) is 2. The second-order valence-electron chi connectivity index (χ2n) is 5.64. The largest absolute Gasteiger partial charge is 0.348 e. The van der Waals surface area contributed by atoms with Gasteiger partial charge in [-0.1, -0.05) is 41.9 Å². The van der Waals surface area contributed by atoms with Crippen molar-refractivity contribution in [3.63, 3.8) is 0 Å². The highest BCUT2D eigenvalue weighted by atomic mass is 35.5. The van der Waals surface area contributed by atoms with Gasteiger partial charge in [0.05, 0.1) is 5.02 Å². The van der Waals surface area contributed by atoms with Gasteiger partial charge in [-0.2, -0.15) is 0 Å². The van der Waals surface area contributed by atoms with E-state index in [1.165, 1.54) is 5.56 Å². The number of halogens is 1. The molecule has 1 N–H and O–H groups in total. The molecule has 0 bridgehead atoms. The van der Waals surface area contributed by atoms with Crippen molar-refractivity contribution in [1.29, 1.82) is 0 Å². The lowest BCUT2D eigenvalue weighted by Crippen LogP contribution is -2.33. The van der Waals surface area contributed by atoms with E-state index in [-0.39, 0.29) is 11.9 Å². The molecule has 1 atom stereocenters. The summed E-state index contributed by atoms with van der Waals surface area (Å²) in [5, 5.41) is 3.60. The molecule has 3 rings (SSSR count).